The molecule has 100 valence electrons. The van der Waals surface area contributed by atoms with Crippen LogP contribution in [0.15, 0.2) is 0 Å². The average Bonchev–Trinajstić information content (AvgIpc) is 2.31. The Morgan fingerprint density at radius 3 is 2.88 bits per heavy atom. The summed E-state index contributed by atoms with van der Waals surface area (Å²) in [7, 11) is 0. The highest BCUT2D eigenvalue weighted by molar-refractivity contribution is 5.81. The Hall–Kier alpha value is -0.410. The smallest absolute Gasteiger partial charge is 0.136 e. The Labute approximate surface area is 105 Å². The van der Waals surface area contributed by atoms with Crippen LogP contribution in [-0.4, -0.2) is 30.2 Å². The Bertz CT molecular complexity index is 228. The van der Waals surface area contributed by atoms with Gasteiger partial charge in [-0.15, -0.1) is 0 Å². The minimum atomic E-state index is -0.482. The first-order valence-corrected chi connectivity index (χ1v) is 6.95. The predicted molar refractivity (Wildman–Crippen MR) is 67.9 cm³/mol. The first-order chi connectivity index (χ1) is 8.17. The summed E-state index contributed by atoms with van der Waals surface area (Å²) in [6.45, 7) is 5.08. The molecule has 0 aromatic rings. The zero-order valence-corrected chi connectivity index (χ0v) is 11.2. The summed E-state index contributed by atoms with van der Waals surface area (Å²) in [5, 5.41) is 9.79. The molecule has 3 atom stereocenters. The zero-order valence-electron chi connectivity index (χ0n) is 11.2. The van der Waals surface area contributed by atoms with Gasteiger partial charge < -0.3 is 9.84 Å². The fourth-order valence-electron chi connectivity index (χ4n) is 2.75. The van der Waals surface area contributed by atoms with E-state index in [9.17, 15) is 9.90 Å². The fraction of sp³-hybridized carbons (Fsp3) is 0.929. The fourth-order valence-corrected chi connectivity index (χ4v) is 2.75. The maximum atomic E-state index is 11.8. The summed E-state index contributed by atoms with van der Waals surface area (Å²) in [4.78, 5) is 11.8. The molecule has 1 aliphatic rings. The number of aliphatic hydroxyl groups is 1. The minimum absolute atomic E-state index is 0.0655. The number of carbonyl (C=O) groups is 1. The maximum Gasteiger partial charge on any atom is 0.136 e. The third kappa shape index (κ3) is 5.17. The van der Waals surface area contributed by atoms with E-state index in [0.717, 1.165) is 12.8 Å². The Kier molecular flexibility index (Phi) is 6.75. The molecule has 3 unspecified atom stereocenters. The van der Waals surface area contributed by atoms with Crippen LogP contribution in [0.2, 0.25) is 0 Å². The zero-order chi connectivity index (χ0) is 12.7. The van der Waals surface area contributed by atoms with Gasteiger partial charge in [-0.25, -0.2) is 0 Å². The van der Waals surface area contributed by atoms with E-state index in [2.05, 4.69) is 6.92 Å². The molecule has 0 aromatic carbocycles. The van der Waals surface area contributed by atoms with Gasteiger partial charge in [-0.1, -0.05) is 19.8 Å². The number of hydrogen-bond acceptors (Lipinski definition) is 3. The van der Waals surface area contributed by atoms with Gasteiger partial charge in [-0.05, 0) is 32.1 Å². The first-order valence-electron chi connectivity index (χ1n) is 6.95. The number of rotatable bonds is 7. The van der Waals surface area contributed by atoms with Gasteiger partial charge in [-0.3, -0.25) is 4.79 Å². The largest absolute Gasteiger partial charge is 0.391 e. The predicted octanol–water partition coefficient (Wildman–Crippen LogP) is 2.56. The van der Waals surface area contributed by atoms with Gasteiger partial charge >= 0.3 is 0 Å². The summed E-state index contributed by atoms with van der Waals surface area (Å²) >= 11 is 0. The van der Waals surface area contributed by atoms with Crippen molar-refractivity contribution in [1.29, 1.82) is 0 Å². The molecule has 3 nitrogen and oxygen atoms in total. The van der Waals surface area contributed by atoms with Crippen molar-refractivity contribution in [3.63, 3.8) is 0 Å². The van der Waals surface area contributed by atoms with E-state index in [1.54, 1.807) is 0 Å². The van der Waals surface area contributed by atoms with Crippen LogP contribution in [-0.2, 0) is 9.53 Å². The molecule has 0 bridgehead atoms. The van der Waals surface area contributed by atoms with Gasteiger partial charge in [0.05, 0.1) is 12.7 Å². The van der Waals surface area contributed by atoms with E-state index in [1.165, 1.54) is 12.8 Å². The topological polar surface area (TPSA) is 46.5 Å². The molecule has 1 N–H and O–H groups in total. The molecular formula is C14H26O3. The SMILES string of the molecule is CCCC1CCC(=O)C(CC(O)COCC)C1. The molecule has 3 heteroatoms. The van der Waals surface area contributed by atoms with Crippen molar-refractivity contribution in [1.82, 2.24) is 0 Å². The Morgan fingerprint density at radius 1 is 1.47 bits per heavy atom. The molecule has 1 saturated carbocycles. The van der Waals surface area contributed by atoms with Gasteiger partial charge in [0.15, 0.2) is 0 Å². The van der Waals surface area contributed by atoms with Gasteiger partial charge in [0.1, 0.15) is 5.78 Å². The van der Waals surface area contributed by atoms with Crippen molar-refractivity contribution in [2.24, 2.45) is 11.8 Å². The van der Waals surface area contributed by atoms with Gasteiger partial charge in [0.25, 0.3) is 0 Å². The highest BCUT2D eigenvalue weighted by atomic mass is 16.5. The van der Waals surface area contributed by atoms with Crippen molar-refractivity contribution in [2.45, 2.75) is 58.5 Å². The summed E-state index contributed by atoms with van der Waals surface area (Å²) in [5.74, 6) is 1.09. The molecular weight excluding hydrogens is 216 g/mol. The number of Topliss-reactive ketones (excluding diaryl/α,β-unsaturated/α-hetero) is 1. The van der Waals surface area contributed by atoms with Crippen molar-refractivity contribution >= 4 is 5.78 Å². The van der Waals surface area contributed by atoms with E-state index < -0.39 is 6.10 Å². The van der Waals surface area contributed by atoms with Crippen LogP contribution < -0.4 is 0 Å². The maximum absolute atomic E-state index is 11.8. The molecule has 0 amide bonds. The molecule has 1 aliphatic carbocycles. The van der Waals surface area contributed by atoms with E-state index in [1.807, 2.05) is 6.92 Å². The van der Waals surface area contributed by atoms with Gasteiger partial charge in [0, 0.05) is 18.9 Å². The minimum Gasteiger partial charge on any atom is -0.391 e. The normalized spacial score (nSPS) is 27.1. The van der Waals surface area contributed by atoms with Crippen molar-refractivity contribution in [3.8, 4) is 0 Å². The molecule has 0 saturated heterocycles. The van der Waals surface area contributed by atoms with Crippen LogP contribution in [0.5, 0.6) is 0 Å². The average molecular weight is 242 g/mol. The summed E-state index contributed by atoms with van der Waals surface area (Å²) in [6, 6.07) is 0. The number of hydrogen-bond donors (Lipinski definition) is 1. The first kappa shape index (κ1) is 14.7. The lowest BCUT2D eigenvalue weighted by molar-refractivity contribution is -0.127. The molecule has 0 heterocycles. The highest BCUT2D eigenvalue weighted by Gasteiger charge is 2.29. The van der Waals surface area contributed by atoms with Crippen LogP contribution in [0.4, 0.5) is 0 Å². The third-order valence-electron chi connectivity index (χ3n) is 3.64. The molecule has 17 heavy (non-hydrogen) atoms. The van der Waals surface area contributed by atoms with Crippen molar-refractivity contribution in [2.75, 3.05) is 13.2 Å². The highest BCUT2D eigenvalue weighted by Crippen LogP contribution is 2.32. The van der Waals surface area contributed by atoms with E-state index in [4.69, 9.17) is 4.74 Å². The van der Waals surface area contributed by atoms with Gasteiger partial charge in [-0.2, -0.15) is 0 Å². The molecule has 0 aliphatic heterocycles. The molecule has 1 fully saturated rings. The molecule has 0 spiro atoms. The quantitative estimate of drug-likeness (QED) is 0.746. The summed E-state index contributed by atoms with van der Waals surface area (Å²) in [5.41, 5.74) is 0. The van der Waals surface area contributed by atoms with Gasteiger partial charge in [0.2, 0.25) is 0 Å². The lowest BCUT2D eigenvalue weighted by Gasteiger charge is -2.29. The lowest BCUT2D eigenvalue weighted by Crippen LogP contribution is -2.30. The third-order valence-corrected chi connectivity index (χ3v) is 3.64. The van der Waals surface area contributed by atoms with Crippen molar-refractivity contribution in [3.05, 3.63) is 0 Å². The summed E-state index contributed by atoms with van der Waals surface area (Å²) < 4.78 is 5.19. The van der Waals surface area contributed by atoms with E-state index >= 15 is 0 Å². The monoisotopic (exact) mass is 242 g/mol. The Morgan fingerprint density at radius 2 is 2.24 bits per heavy atom. The van der Waals surface area contributed by atoms with Crippen LogP contribution in [0, 0.1) is 11.8 Å². The number of ether oxygens (including phenoxy) is 1. The second-order valence-corrected chi connectivity index (χ2v) is 5.14. The molecule has 0 radical (unpaired) electrons. The number of ketones is 1. The van der Waals surface area contributed by atoms with Crippen LogP contribution in [0.3, 0.4) is 0 Å². The van der Waals surface area contributed by atoms with Crippen LogP contribution >= 0.6 is 0 Å². The second-order valence-electron chi connectivity index (χ2n) is 5.14. The lowest BCUT2D eigenvalue weighted by atomic mass is 9.76. The Balaban J connectivity index is 2.36. The van der Waals surface area contributed by atoms with E-state index in [-0.39, 0.29) is 5.92 Å². The molecule has 0 aromatic heterocycles. The standard InChI is InChI=1S/C14H26O3/c1-3-5-11-6-7-14(16)12(8-11)9-13(15)10-17-4-2/h11-13,15H,3-10H2,1-2H3. The van der Waals surface area contributed by atoms with E-state index in [0.29, 0.717) is 37.8 Å². The molecule has 1 rings (SSSR count). The van der Waals surface area contributed by atoms with Crippen LogP contribution in [0.25, 0.3) is 0 Å². The summed E-state index contributed by atoms with van der Waals surface area (Å²) in [6.07, 6.45) is 5.22. The van der Waals surface area contributed by atoms with Crippen molar-refractivity contribution < 1.29 is 14.6 Å². The second kappa shape index (κ2) is 7.83. The number of aliphatic hydroxyl groups excluding tert-OH is 1. The van der Waals surface area contributed by atoms with Crippen LogP contribution in [0.1, 0.15) is 52.4 Å². The number of carbonyl (C=O) groups excluding carboxylic acids is 1.